The number of para-hydroxylation sites is 1. The second-order valence-electron chi connectivity index (χ2n) is 7.69. The molecule has 0 radical (unpaired) electrons. The van der Waals surface area contributed by atoms with Crippen LogP contribution in [0.2, 0.25) is 0 Å². The lowest BCUT2D eigenvalue weighted by Gasteiger charge is -2.27. The van der Waals surface area contributed by atoms with Gasteiger partial charge in [-0.05, 0) is 54.5 Å². The number of nitro groups is 1. The summed E-state index contributed by atoms with van der Waals surface area (Å²) in [6, 6.07) is 18.0. The molecule has 0 atom stereocenters. The Morgan fingerprint density at radius 3 is 2.46 bits per heavy atom. The lowest BCUT2D eigenvalue weighted by Crippen LogP contribution is -2.42. The Hall–Kier alpha value is -4.97. The van der Waals surface area contributed by atoms with Gasteiger partial charge in [-0.15, -0.1) is 0 Å². The van der Waals surface area contributed by atoms with Crippen molar-refractivity contribution in [3.8, 4) is 23.1 Å². The second kappa shape index (κ2) is 9.49. The third kappa shape index (κ3) is 4.45. The zero-order valence-corrected chi connectivity index (χ0v) is 18.8. The first-order valence-electron chi connectivity index (χ1n) is 10.5. The molecule has 3 aromatic rings. The minimum Gasteiger partial charge on any atom is -0.497 e. The van der Waals surface area contributed by atoms with Gasteiger partial charge in [-0.25, -0.2) is 0 Å². The minimum atomic E-state index is -0.678. The van der Waals surface area contributed by atoms with E-state index in [1.165, 1.54) is 26.2 Å². The van der Waals surface area contributed by atoms with Crippen molar-refractivity contribution in [2.45, 2.75) is 13.5 Å². The van der Waals surface area contributed by atoms with Crippen LogP contribution in [0.3, 0.4) is 0 Å². The van der Waals surface area contributed by atoms with Gasteiger partial charge in [0.05, 0.1) is 24.1 Å². The minimum absolute atomic E-state index is 0.0307. The van der Waals surface area contributed by atoms with Crippen molar-refractivity contribution in [1.82, 2.24) is 4.90 Å². The molecule has 174 valence electrons. The summed E-state index contributed by atoms with van der Waals surface area (Å²) < 4.78 is 10.9. The summed E-state index contributed by atoms with van der Waals surface area (Å²) in [6.45, 7) is 1.49. The van der Waals surface area contributed by atoms with E-state index in [0.29, 0.717) is 16.9 Å². The second-order valence-corrected chi connectivity index (χ2v) is 7.69. The fraction of sp³-hybridized carbons (Fsp3) is 0.115. The molecule has 9 heteroatoms. The molecule has 2 aromatic carbocycles. The molecule has 1 aromatic heterocycles. The number of imide groups is 1. The maximum atomic E-state index is 13.3. The number of hydrogen-bond acceptors (Lipinski definition) is 7. The number of hydrogen-bond donors (Lipinski definition) is 0. The molecule has 0 unspecified atom stereocenters. The van der Waals surface area contributed by atoms with Crippen LogP contribution in [0, 0.1) is 21.4 Å². The Morgan fingerprint density at radius 2 is 1.80 bits per heavy atom. The average molecular weight is 469 g/mol. The van der Waals surface area contributed by atoms with E-state index in [-0.39, 0.29) is 40.5 Å². The lowest BCUT2D eigenvalue weighted by atomic mass is 9.94. The zero-order chi connectivity index (χ0) is 25.1. The highest BCUT2D eigenvalue weighted by Crippen LogP contribution is 2.33. The van der Waals surface area contributed by atoms with Crippen molar-refractivity contribution in [1.29, 1.82) is 5.26 Å². The van der Waals surface area contributed by atoms with Gasteiger partial charge in [-0.2, -0.15) is 5.26 Å². The number of ether oxygens (including phenoxy) is 1. The standard InChI is InChI=1S/C26H19N3O6/c1-16-21(13-19-11-12-24(35-19)20-5-3-4-6-23(20)29(32)33)25(30)28(26(31)22(16)14-27)15-17-7-9-18(34-2)10-8-17/h3-13H,15H2,1-2H3/b21-13+. The quantitative estimate of drug-likeness (QED) is 0.222. The van der Waals surface area contributed by atoms with E-state index >= 15 is 0 Å². The maximum absolute atomic E-state index is 13.3. The number of benzene rings is 2. The van der Waals surface area contributed by atoms with Gasteiger partial charge in [0.1, 0.15) is 28.9 Å². The number of carbonyl (C=O) groups is 2. The summed E-state index contributed by atoms with van der Waals surface area (Å²) in [4.78, 5) is 38.0. The van der Waals surface area contributed by atoms with Crippen molar-refractivity contribution in [3.05, 3.63) is 98.8 Å². The van der Waals surface area contributed by atoms with Crippen molar-refractivity contribution in [2.24, 2.45) is 0 Å². The summed E-state index contributed by atoms with van der Waals surface area (Å²) in [6.07, 6.45) is 1.43. The molecule has 0 aliphatic carbocycles. The highest BCUT2D eigenvalue weighted by atomic mass is 16.6. The molecule has 0 bridgehead atoms. The molecule has 9 nitrogen and oxygen atoms in total. The molecule has 35 heavy (non-hydrogen) atoms. The van der Waals surface area contributed by atoms with Crippen molar-refractivity contribution in [3.63, 3.8) is 0 Å². The molecular formula is C26H19N3O6. The highest BCUT2D eigenvalue weighted by molar-refractivity contribution is 6.19. The number of methoxy groups -OCH3 is 1. The molecule has 0 fully saturated rings. The number of nitrogens with zero attached hydrogens (tertiary/aromatic N) is 3. The smallest absolute Gasteiger partial charge is 0.280 e. The van der Waals surface area contributed by atoms with Crippen LogP contribution in [0.1, 0.15) is 18.2 Å². The Balaban J connectivity index is 1.71. The number of amides is 2. The van der Waals surface area contributed by atoms with E-state index in [0.717, 1.165) is 4.90 Å². The summed E-state index contributed by atoms with van der Waals surface area (Å²) in [5, 5.41) is 20.9. The van der Waals surface area contributed by atoms with Gasteiger partial charge in [-0.3, -0.25) is 24.6 Å². The van der Waals surface area contributed by atoms with Gasteiger partial charge in [-0.1, -0.05) is 24.3 Å². The fourth-order valence-electron chi connectivity index (χ4n) is 3.75. The SMILES string of the molecule is COc1ccc(CN2C(=O)C(C#N)=C(C)/C(=C\c3ccc(-c4ccccc4[N+](=O)[O-])o3)C2=O)cc1. The Morgan fingerprint density at radius 1 is 1.09 bits per heavy atom. The Bertz CT molecular complexity index is 1440. The maximum Gasteiger partial charge on any atom is 0.280 e. The number of furan rings is 1. The topological polar surface area (TPSA) is 127 Å². The van der Waals surface area contributed by atoms with Gasteiger partial charge in [0.15, 0.2) is 0 Å². The molecule has 2 amide bonds. The summed E-state index contributed by atoms with van der Waals surface area (Å²) in [7, 11) is 1.53. The fourth-order valence-corrected chi connectivity index (χ4v) is 3.75. The van der Waals surface area contributed by atoms with Crippen molar-refractivity contribution < 1.29 is 23.7 Å². The summed E-state index contributed by atoms with van der Waals surface area (Å²) in [5.41, 5.74) is 1.07. The monoisotopic (exact) mass is 469 g/mol. The van der Waals surface area contributed by atoms with E-state index in [9.17, 15) is 25.0 Å². The average Bonchev–Trinajstić information content (AvgIpc) is 3.34. The van der Waals surface area contributed by atoms with Crippen molar-refractivity contribution >= 4 is 23.6 Å². The van der Waals surface area contributed by atoms with Crippen LogP contribution >= 0.6 is 0 Å². The van der Waals surface area contributed by atoms with E-state index in [1.807, 2.05) is 6.07 Å². The first-order chi connectivity index (χ1) is 16.8. The summed E-state index contributed by atoms with van der Waals surface area (Å²) in [5.74, 6) is -0.127. The number of rotatable bonds is 6. The predicted molar refractivity (Wildman–Crippen MR) is 126 cm³/mol. The van der Waals surface area contributed by atoms with Crippen molar-refractivity contribution in [2.75, 3.05) is 7.11 Å². The largest absolute Gasteiger partial charge is 0.497 e. The van der Waals surface area contributed by atoms with Crippen LogP contribution < -0.4 is 4.74 Å². The van der Waals surface area contributed by atoms with Gasteiger partial charge in [0.2, 0.25) is 0 Å². The van der Waals surface area contributed by atoms with Crippen LogP contribution in [-0.4, -0.2) is 28.7 Å². The van der Waals surface area contributed by atoms with Crippen LogP contribution in [0.5, 0.6) is 5.75 Å². The van der Waals surface area contributed by atoms with Gasteiger partial charge in [0, 0.05) is 11.6 Å². The lowest BCUT2D eigenvalue weighted by molar-refractivity contribution is -0.384. The molecule has 4 rings (SSSR count). The Kier molecular flexibility index (Phi) is 6.29. The molecule has 0 N–H and O–H groups in total. The molecule has 1 aliphatic heterocycles. The number of nitro benzene ring substituents is 1. The zero-order valence-electron chi connectivity index (χ0n) is 18.8. The van der Waals surface area contributed by atoms with E-state index in [4.69, 9.17) is 9.15 Å². The molecule has 1 aliphatic rings. The van der Waals surface area contributed by atoms with E-state index in [2.05, 4.69) is 0 Å². The molecule has 0 saturated carbocycles. The highest BCUT2D eigenvalue weighted by Gasteiger charge is 2.35. The van der Waals surface area contributed by atoms with Gasteiger partial charge < -0.3 is 9.15 Å². The van der Waals surface area contributed by atoms with E-state index in [1.54, 1.807) is 54.6 Å². The van der Waals surface area contributed by atoms with Gasteiger partial charge in [0.25, 0.3) is 17.5 Å². The third-order valence-electron chi connectivity index (χ3n) is 5.60. The first kappa shape index (κ1) is 23.2. The summed E-state index contributed by atoms with van der Waals surface area (Å²) >= 11 is 0. The van der Waals surface area contributed by atoms with Crippen LogP contribution in [0.25, 0.3) is 17.4 Å². The van der Waals surface area contributed by atoms with Crippen LogP contribution in [0.4, 0.5) is 5.69 Å². The first-order valence-corrected chi connectivity index (χ1v) is 10.5. The Labute approximate surface area is 200 Å². The van der Waals surface area contributed by atoms with Crippen LogP contribution in [-0.2, 0) is 16.1 Å². The van der Waals surface area contributed by atoms with Gasteiger partial charge >= 0.3 is 0 Å². The number of carbonyl (C=O) groups excluding carboxylic acids is 2. The third-order valence-corrected chi connectivity index (χ3v) is 5.60. The molecule has 0 spiro atoms. The molecule has 0 saturated heterocycles. The molecule has 2 heterocycles. The normalized spacial score (nSPS) is 14.9. The van der Waals surface area contributed by atoms with Crippen LogP contribution in [0.15, 0.2) is 81.8 Å². The predicted octanol–water partition coefficient (Wildman–Crippen LogP) is 4.66. The number of nitriles is 1. The molecular weight excluding hydrogens is 450 g/mol. The van der Waals surface area contributed by atoms with E-state index < -0.39 is 16.7 Å².